The predicted molar refractivity (Wildman–Crippen MR) is 195 cm³/mol. The summed E-state index contributed by atoms with van der Waals surface area (Å²) in [7, 11) is 1.75. The molecule has 5 aromatic rings. The first-order valence-corrected chi connectivity index (χ1v) is 17.9. The predicted octanol–water partition coefficient (Wildman–Crippen LogP) is 10.0. The number of nitrogens with zero attached hydrogens (tertiary/aromatic N) is 1. The van der Waals surface area contributed by atoms with Crippen molar-refractivity contribution in [2.45, 2.75) is 56.0 Å². The van der Waals surface area contributed by atoms with Crippen LogP contribution in [-0.2, 0) is 15.8 Å². The van der Waals surface area contributed by atoms with Crippen LogP contribution < -0.4 is 14.4 Å². The van der Waals surface area contributed by atoms with Gasteiger partial charge in [0.15, 0.2) is 5.60 Å². The molecule has 1 atom stereocenters. The van der Waals surface area contributed by atoms with Gasteiger partial charge in [0, 0.05) is 46.3 Å². The molecule has 2 heterocycles. The van der Waals surface area contributed by atoms with E-state index in [4.69, 9.17) is 14.2 Å². The lowest BCUT2D eigenvalue weighted by Gasteiger charge is -2.40. The number of anilines is 1. The van der Waals surface area contributed by atoms with E-state index in [1.165, 1.54) is 83.8 Å². The lowest BCUT2D eigenvalue weighted by molar-refractivity contribution is 0.122. The molecule has 2 aliphatic heterocycles. The molecule has 4 heteroatoms. The van der Waals surface area contributed by atoms with Crippen molar-refractivity contribution >= 4 is 22.5 Å². The van der Waals surface area contributed by atoms with Gasteiger partial charge in [-0.05, 0) is 76.9 Å². The van der Waals surface area contributed by atoms with Crippen molar-refractivity contribution in [3.63, 3.8) is 0 Å². The van der Waals surface area contributed by atoms with Crippen molar-refractivity contribution in [2.75, 3.05) is 38.3 Å². The number of fused-ring (bicyclic) bond motifs is 10. The summed E-state index contributed by atoms with van der Waals surface area (Å²) in [4.78, 5) is 2.41. The van der Waals surface area contributed by atoms with Gasteiger partial charge in [-0.2, -0.15) is 0 Å². The molecule has 2 fully saturated rings. The Morgan fingerprint density at radius 2 is 1.42 bits per heavy atom. The maximum Gasteiger partial charge on any atom is 0.178 e. The Kier molecular flexibility index (Phi) is 7.31. The number of ether oxygens (including phenoxy) is 3. The second-order valence-corrected chi connectivity index (χ2v) is 14.0. The quantitative estimate of drug-likeness (QED) is 0.197. The van der Waals surface area contributed by atoms with E-state index in [-0.39, 0.29) is 5.41 Å². The summed E-state index contributed by atoms with van der Waals surface area (Å²) in [5.41, 5.74) is 9.63. The molecular formula is C44H43NO3. The maximum absolute atomic E-state index is 7.63. The van der Waals surface area contributed by atoms with Crippen molar-refractivity contribution < 1.29 is 14.2 Å². The lowest BCUT2D eigenvalue weighted by Crippen LogP contribution is -2.37. The number of benzene rings is 5. The molecule has 4 nitrogen and oxygen atoms in total. The fraction of sp³-hybridized carbons (Fsp3) is 0.318. The fourth-order valence-electron chi connectivity index (χ4n) is 9.21. The van der Waals surface area contributed by atoms with E-state index in [1.807, 2.05) is 0 Å². The van der Waals surface area contributed by atoms with Gasteiger partial charge in [0.25, 0.3) is 0 Å². The van der Waals surface area contributed by atoms with E-state index in [0.717, 1.165) is 54.3 Å². The maximum atomic E-state index is 7.63. The number of methoxy groups -OCH3 is 1. The smallest absolute Gasteiger partial charge is 0.178 e. The third-order valence-corrected chi connectivity index (χ3v) is 11.5. The Bertz CT molecular complexity index is 2000. The Morgan fingerprint density at radius 3 is 2.19 bits per heavy atom. The van der Waals surface area contributed by atoms with Crippen LogP contribution in [0.25, 0.3) is 28.0 Å². The van der Waals surface area contributed by atoms with Crippen LogP contribution in [-0.4, -0.2) is 33.4 Å². The molecule has 2 aliphatic carbocycles. The van der Waals surface area contributed by atoms with Crippen LogP contribution in [0.15, 0.2) is 103 Å². The Labute approximate surface area is 284 Å². The van der Waals surface area contributed by atoms with Crippen molar-refractivity contribution in [2.24, 2.45) is 0 Å². The van der Waals surface area contributed by atoms with E-state index in [1.54, 1.807) is 7.11 Å². The molecule has 0 amide bonds. The Morgan fingerprint density at radius 1 is 0.708 bits per heavy atom. The van der Waals surface area contributed by atoms with Crippen LogP contribution in [0.3, 0.4) is 0 Å². The van der Waals surface area contributed by atoms with Crippen LogP contribution in [0.4, 0.5) is 5.69 Å². The van der Waals surface area contributed by atoms with Crippen molar-refractivity contribution in [3.8, 4) is 22.6 Å². The molecule has 1 saturated carbocycles. The van der Waals surface area contributed by atoms with E-state index in [9.17, 15) is 0 Å². The van der Waals surface area contributed by atoms with Crippen LogP contribution in [0, 0.1) is 0 Å². The number of hydrogen-bond acceptors (Lipinski definition) is 4. The second-order valence-electron chi connectivity index (χ2n) is 14.0. The molecule has 1 unspecified atom stereocenters. The molecule has 0 bridgehead atoms. The van der Waals surface area contributed by atoms with Gasteiger partial charge < -0.3 is 19.1 Å². The molecule has 5 aromatic carbocycles. The normalized spacial score (nSPS) is 21.1. The highest BCUT2D eigenvalue weighted by Crippen LogP contribution is 2.61. The third-order valence-electron chi connectivity index (χ3n) is 11.5. The standard InChI is InChI=1S/C44H43NO3/c1-46-34-20-21-35-38(30-34)42-37(41-40(35)36-14-8-9-15-39(36)43(41)23-10-3-2-4-11-24-43)22-25-44(48-42,31-12-6-5-7-13-31)32-16-18-33(19-17-32)45-26-28-47-29-27-45/h5-9,12-22,25,30H,2-4,10-11,23-24,26-29H2,1H3. The van der Waals surface area contributed by atoms with Gasteiger partial charge in [0.05, 0.1) is 20.3 Å². The Hall–Kier alpha value is -4.54. The summed E-state index contributed by atoms with van der Waals surface area (Å²) in [6.45, 7) is 3.36. The summed E-state index contributed by atoms with van der Waals surface area (Å²) < 4.78 is 19.1. The van der Waals surface area contributed by atoms with Gasteiger partial charge in [-0.3, -0.25) is 0 Å². The van der Waals surface area contributed by atoms with E-state index < -0.39 is 5.60 Å². The fourth-order valence-corrected chi connectivity index (χ4v) is 9.21. The van der Waals surface area contributed by atoms with Crippen molar-refractivity contribution in [1.82, 2.24) is 0 Å². The first-order chi connectivity index (χ1) is 23.7. The topological polar surface area (TPSA) is 30.9 Å². The molecule has 9 rings (SSSR count). The zero-order valence-corrected chi connectivity index (χ0v) is 27.8. The lowest BCUT2D eigenvalue weighted by atomic mass is 9.67. The van der Waals surface area contributed by atoms with Crippen LogP contribution >= 0.6 is 0 Å². The highest BCUT2D eigenvalue weighted by atomic mass is 16.5. The first-order valence-electron chi connectivity index (χ1n) is 17.9. The Balaban J connectivity index is 1.29. The average molecular weight is 634 g/mol. The van der Waals surface area contributed by atoms with E-state index in [2.05, 4.69) is 114 Å². The zero-order chi connectivity index (χ0) is 32.1. The highest BCUT2D eigenvalue weighted by Gasteiger charge is 2.48. The van der Waals surface area contributed by atoms with Gasteiger partial charge in [-0.1, -0.05) is 105 Å². The zero-order valence-electron chi connectivity index (χ0n) is 27.8. The summed E-state index contributed by atoms with van der Waals surface area (Å²) in [5.74, 6) is 1.80. The molecule has 1 saturated heterocycles. The average Bonchev–Trinajstić information content (AvgIpc) is 3.44. The first kappa shape index (κ1) is 29.6. The minimum absolute atomic E-state index is 0.0230. The number of morpholine rings is 1. The van der Waals surface area contributed by atoms with Crippen LogP contribution in [0.2, 0.25) is 0 Å². The van der Waals surface area contributed by atoms with Crippen molar-refractivity contribution in [3.05, 3.63) is 131 Å². The van der Waals surface area contributed by atoms with E-state index in [0.29, 0.717) is 0 Å². The summed E-state index contributed by atoms with van der Waals surface area (Å²) in [6.07, 6.45) is 13.5. The van der Waals surface area contributed by atoms with Crippen LogP contribution in [0.5, 0.6) is 11.5 Å². The molecule has 1 spiro atoms. The minimum atomic E-state index is -0.790. The number of hydrogen-bond donors (Lipinski definition) is 0. The van der Waals surface area contributed by atoms with Gasteiger partial charge in [-0.15, -0.1) is 0 Å². The third kappa shape index (κ3) is 4.53. The monoisotopic (exact) mass is 633 g/mol. The highest BCUT2D eigenvalue weighted by molar-refractivity contribution is 6.09. The summed E-state index contributed by atoms with van der Waals surface area (Å²) in [6, 6.07) is 35.6. The van der Waals surface area contributed by atoms with Crippen LogP contribution in [0.1, 0.15) is 72.8 Å². The SMILES string of the molecule is COc1ccc2c3c(c4c(c2c1)OC(c1ccccc1)(c1ccc(N2CCOCC2)cc1)C=C4)C1(CCCCCCC1)c1ccccc1-3. The van der Waals surface area contributed by atoms with E-state index >= 15 is 0 Å². The molecule has 4 aliphatic rings. The summed E-state index contributed by atoms with van der Waals surface area (Å²) >= 11 is 0. The number of rotatable bonds is 4. The minimum Gasteiger partial charge on any atom is -0.497 e. The van der Waals surface area contributed by atoms with Gasteiger partial charge in [0.2, 0.25) is 0 Å². The van der Waals surface area contributed by atoms with Gasteiger partial charge in [-0.25, -0.2) is 0 Å². The summed E-state index contributed by atoms with van der Waals surface area (Å²) in [5, 5.41) is 2.35. The largest absolute Gasteiger partial charge is 0.497 e. The molecular weight excluding hydrogens is 590 g/mol. The molecule has 48 heavy (non-hydrogen) atoms. The molecule has 0 aromatic heterocycles. The van der Waals surface area contributed by atoms with Gasteiger partial charge in [0.1, 0.15) is 11.5 Å². The molecule has 242 valence electrons. The molecule has 0 N–H and O–H groups in total. The van der Waals surface area contributed by atoms with Gasteiger partial charge >= 0.3 is 0 Å². The van der Waals surface area contributed by atoms with Crippen molar-refractivity contribution in [1.29, 1.82) is 0 Å². The second kappa shape index (κ2) is 11.9. The molecule has 0 radical (unpaired) electrons.